The molecule has 1 fully saturated rings. The Labute approximate surface area is 121 Å². The molecule has 0 spiro atoms. The predicted octanol–water partition coefficient (Wildman–Crippen LogP) is 0.993. The number of aromatic nitrogens is 2. The quantitative estimate of drug-likeness (QED) is 0.914. The van der Waals surface area contributed by atoms with Crippen LogP contribution >= 0.6 is 0 Å². The predicted molar refractivity (Wildman–Crippen MR) is 77.4 cm³/mol. The van der Waals surface area contributed by atoms with Crippen LogP contribution in [0.3, 0.4) is 0 Å². The van der Waals surface area contributed by atoms with Crippen LogP contribution in [-0.2, 0) is 4.74 Å². The Bertz CT molecular complexity index is 705. The molecular formula is C15H17N3O3. The van der Waals surface area contributed by atoms with Gasteiger partial charge in [0.25, 0.3) is 11.5 Å². The summed E-state index contributed by atoms with van der Waals surface area (Å²) in [5.41, 5.74) is 0.215. The highest BCUT2D eigenvalue weighted by atomic mass is 16.5. The molecule has 1 aliphatic heterocycles. The van der Waals surface area contributed by atoms with Gasteiger partial charge in [-0.2, -0.15) is 0 Å². The maximum Gasteiger partial charge on any atom is 0.270 e. The maximum atomic E-state index is 12.3. The number of fused-ring (bicyclic) bond motifs is 1. The van der Waals surface area contributed by atoms with Crippen LogP contribution in [0, 0.1) is 0 Å². The molecule has 0 unspecified atom stereocenters. The average molecular weight is 287 g/mol. The van der Waals surface area contributed by atoms with Gasteiger partial charge in [0.2, 0.25) is 0 Å². The summed E-state index contributed by atoms with van der Waals surface area (Å²) in [6.45, 7) is 1.16. The van der Waals surface area contributed by atoms with E-state index in [0.29, 0.717) is 12.2 Å². The first-order chi connectivity index (χ1) is 10.3. The van der Waals surface area contributed by atoms with Crippen molar-refractivity contribution in [3.63, 3.8) is 0 Å². The second kappa shape index (κ2) is 6.05. The summed E-state index contributed by atoms with van der Waals surface area (Å²) in [6, 6.07) is 5.24. The van der Waals surface area contributed by atoms with Gasteiger partial charge in [0.05, 0.1) is 6.10 Å². The lowest BCUT2D eigenvalue weighted by atomic mass is 10.1. The molecule has 0 aromatic carbocycles. The molecule has 1 aliphatic rings. The second-order valence-corrected chi connectivity index (χ2v) is 5.10. The van der Waals surface area contributed by atoms with Crippen LogP contribution in [0.25, 0.3) is 5.65 Å². The zero-order valence-corrected chi connectivity index (χ0v) is 11.6. The van der Waals surface area contributed by atoms with E-state index >= 15 is 0 Å². The fourth-order valence-electron chi connectivity index (χ4n) is 2.45. The van der Waals surface area contributed by atoms with E-state index in [1.54, 1.807) is 24.4 Å². The van der Waals surface area contributed by atoms with Gasteiger partial charge >= 0.3 is 0 Å². The normalized spacial score (nSPS) is 18.6. The van der Waals surface area contributed by atoms with Crippen molar-refractivity contribution in [2.75, 3.05) is 13.2 Å². The number of rotatable bonds is 3. The monoisotopic (exact) mass is 287 g/mol. The van der Waals surface area contributed by atoms with E-state index in [0.717, 1.165) is 25.9 Å². The molecule has 21 heavy (non-hydrogen) atoms. The minimum atomic E-state index is -0.403. The van der Waals surface area contributed by atoms with E-state index in [1.165, 1.54) is 10.6 Å². The maximum absolute atomic E-state index is 12.3. The van der Waals surface area contributed by atoms with Crippen LogP contribution in [0.2, 0.25) is 0 Å². The number of hydrogen-bond donors (Lipinski definition) is 1. The summed E-state index contributed by atoms with van der Waals surface area (Å²) >= 11 is 0. The molecule has 2 aromatic heterocycles. The van der Waals surface area contributed by atoms with Crippen LogP contribution < -0.4 is 10.9 Å². The second-order valence-electron chi connectivity index (χ2n) is 5.10. The van der Waals surface area contributed by atoms with Crippen molar-refractivity contribution in [2.24, 2.45) is 0 Å². The van der Waals surface area contributed by atoms with Crippen molar-refractivity contribution in [1.82, 2.24) is 14.7 Å². The van der Waals surface area contributed by atoms with Crippen LogP contribution in [0.5, 0.6) is 0 Å². The first-order valence-corrected chi connectivity index (χ1v) is 7.12. The Morgan fingerprint density at radius 2 is 2.33 bits per heavy atom. The molecule has 3 heterocycles. The number of carbonyl (C=O) groups excluding carboxylic acids is 1. The van der Waals surface area contributed by atoms with Crippen molar-refractivity contribution in [2.45, 2.75) is 25.4 Å². The van der Waals surface area contributed by atoms with Crippen molar-refractivity contribution in [3.05, 3.63) is 46.5 Å². The summed E-state index contributed by atoms with van der Waals surface area (Å²) in [6.07, 6.45) is 6.09. The molecule has 1 atom stereocenters. The molecule has 1 amide bonds. The van der Waals surface area contributed by atoms with Crippen molar-refractivity contribution in [3.8, 4) is 0 Å². The molecule has 6 heteroatoms. The molecular weight excluding hydrogens is 270 g/mol. The van der Waals surface area contributed by atoms with Crippen LogP contribution in [0.15, 0.2) is 35.4 Å². The molecule has 2 aromatic rings. The third kappa shape index (κ3) is 2.95. The van der Waals surface area contributed by atoms with Gasteiger partial charge in [-0.1, -0.05) is 6.07 Å². The number of hydrogen-bond acceptors (Lipinski definition) is 4. The third-order valence-corrected chi connectivity index (χ3v) is 3.62. The fourth-order valence-corrected chi connectivity index (χ4v) is 2.45. The first kappa shape index (κ1) is 13.8. The summed E-state index contributed by atoms with van der Waals surface area (Å²) in [4.78, 5) is 28.5. The van der Waals surface area contributed by atoms with Gasteiger partial charge in [-0.3, -0.25) is 14.0 Å². The highest BCUT2D eigenvalue weighted by Gasteiger charge is 2.17. The molecule has 1 N–H and O–H groups in total. The lowest BCUT2D eigenvalue weighted by molar-refractivity contribution is 0.0169. The van der Waals surface area contributed by atoms with Crippen LogP contribution in [0.4, 0.5) is 0 Å². The lowest BCUT2D eigenvalue weighted by Crippen LogP contribution is -2.38. The Hall–Kier alpha value is -2.21. The van der Waals surface area contributed by atoms with E-state index in [2.05, 4.69) is 10.3 Å². The number of carbonyl (C=O) groups is 1. The fraction of sp³-hybridized carbons (Fsp3) is 0.400. The van der Waals surface area contributed by atoms with E-state index in [1.807, 2.05) is 0 Å². The van der Waals surface area contributed by atoms with Gasteiger partial charge < -0.3 is 10.1 Å². The topological polar surface area (TPSA) is 72.7 Å². The Balaban J connectivity index is 1.75. The molecule has 6 nitrogen and oxygen atoms in total. The number of pyridine rings is 1. The Kier molecular flexibility index (Phi) is 3.96. The van der Waals surface area contributed by atoms with E-state index in [9.17, 15) is 9.59 Å². The van der Waals surface area contributed by atoms with Gasteiger partial charge in [-0.05, 0) is 31.4 Å². The average Bonchev–Trinajstić information content (AvgIpc) is 2.54. The highest BCUT2D eigenvalue weighted by Crippen LogP contribution is 2.11. The van der Waals surface area contributed by atoms with Gasteiger partial charge in [-0.25, -0.2) is 4.98 Å². The van der Waals surface area contributed by atoms with Crippen LogP contribution in [0.1, 0.15) is 29.6 Å². The minimum Gasteiger partial charge on any atom is -0.376 e. The van der Waals surface area contributed by atoms with Gasteiger partial charge in [0.1, 0.15) is 11.2 Å². The Morgan fingerprint density at radius 1 is 1.43 bits per heavy atom. The number of ether oxygens (including phenoxy) is 1. The zero-order chi connectivity index (χ0) is 14.7. The summed E-state index contributed by atoms with van der Waals surface area (Å²) in [5, 5.41) is 2.76. The van der Waals surface area contributed by atoms with E-state index in [-0.39, 0.29) is 17.2 Å². The lowest BCUT2D eigenvalue weighted by Gasteiger charge is -2.22. The van der Waals surface area contributed by atoms with E-state index in [4.69, 9.17) is 4.74 Å². The zero-order valence-electron chi connectivity index (χ0n) is 11.6. The molecule has 0 bridgehead atoms. The molecule has 0 saturated carbocycles. The summed E-state index contributed by atoms with van der Waals surface area (Å²) < 4.78 is 6.92. The van der Waals surface area contributed by atoms with Crippen molar-refractivity contribution in [1.29, 1.82) is 0 Å². The number of amides is 1. The van der Waals surface area contributed by atoms with E-state index < -0.39 is 5.91 Å². The minimum absolute atomic E-state index is 0.0406. The largest absolute Gasteiger partial charge is 0.376 e. The molecule has 1 saturated heterocycles. The SMILES string of the molecule is O=C(NC[C@H]1CCCCO1)c1cnc2ccccn2c1=O. The van der Waals surface area contributed by atoms with Gasteiger partial charge in [0.15, 0.2) is 0 Å². The standard InChI is InChI=1S/C15H17N3O3/c19-14(17-9-11-5-2-4-8-21-11)12-10-16-13-6-1-3-7-18(13)15(12)20/h1,3,6-7,10-11H,2,4-5,8-9H2,(H,17,19)/t11-/m1/s1. The number of nitrogens with one attached hydrogen (secondary N) is 1. The van der Waals surface area contributed by atoms with Crippen LogP contribution in [-0.4, -0.2) is 34.5 Å². The molecule has 3 rings (SSSR count). The van der Waals surface area contributed by atoms with Gasteiger partial charge in [-0.15, -0.1) is 0 Å². The first-order valence-electron chi connectivity index (χ1n) is 7.12. The summed E-state index contributed by atoms with van der Waals surface area (Å²) in [5.74, 6) is -0.403. The van der Waals surface area contributed by atoms with Crippen molar-refractivity contribution >= 4 is 11.6 Å². The van der Waals surface area contributed by atoms with Crippen molar-refractivity contribution < 1.29 is 9.53 Å². The smallest absolute Gasteiger partial charge is 0.270 e. The molecule has 0 radical (unpaired) electrons. The third-order valence-electron chi connectivity index (χ3n) is 3.62. The molecule has 0 aliphatic carbocycles. The van der Waals surface area contributed by atoms with Gasteiger partial charge in [0, 0.05) is 25.5 Å². The molecule has 110 valence electrons. The summed E-state index contributed by atoms with van der Waals surface area (Å²) in [7, 11) is 0. The Morgan fingerprint density at radius 3 is 3.14 bits per heavy atom. The highest BCUT2D eigenvalue weighted by molar-refractivity contribution is 5.93. The number of nitrogens with zero attached hydrogens (tertiary/aromatic N) is 2.